The highest BCUT2D eigenvalue weighted by atomic mass is 35.5. The van der Waals surface area contributed by atoms with Crippen molar-refractivity contribution in [1.29, 1.82) is 0 Å². The molecule has 2 N–H and O–H groups in total. The van der Waals surface area contributed by atoms with Crippen molar-refractivity contribution in [2.45, 2.75) is 24.7 Å². The monoisotopic (exact) mass is 397 g/mol. The first-order chi connectivity index (χ1) is 13.7. The van der Waals surface area contributed by atoms with E-state index in [0.717, 1.165) is 23.0 Å². The van der Waals surface area contributed by atoms with Crippen LogP contribution in [0, 0.1) is 0 Å². The molecular weight excluding hydrogens is 382 g/mol. The molecule has 4 aromatic heterocycles. The van der Waals surface area contributed by atoms with Crippen LogP contribution in [0.5, 0.6) is 6.01 Å². The zero-order chi connectivity index (χ0) is 18.7. The third-order valence-corrected chi connectivity index (χ3v) is 5.55. The van der Waals surface area contributed by atoms with Crippen LogP contribution in [0.15, 0.2) is 30.6 Å². The van der Waals surface area contributed by atoms with Crippen molar-refractivity contribution >= 4 is 33.8 Å². The molecule has 9 heteroatoms. The largest absolute Gasteiger partial charge is 0.456 e. The Kier molecular flexibility index (Phi) is 3.59. The van der Waals surface area contributed by atoms with E-state index in [9.17, 15) is 0 Å². The lowest BCUT2D eigenvalue weighted by molar-refractivity contribution is 0.0273. The van der Waals surface area contributed by atoms with Crippen molar-refractivity contribution in [1.82, 2.24) is 24.9 Å². The predicted molar refractivity (Wildman–Crippen MR) is 102 cm³/mol. The van der Waals surface area contributed by atoms with Gasteiger partial charge in [-0.05, 0) is 24.6 Å². The molecule has 6 heterocycles. The molecule has 4 aromatic rings. The average Bonchev–Trinajstić information content (AvgIpc) is 3.45. The van der Waals surface area contributed by atoms with Gasteiger partial charge in [0.15, 0.2) is 11.8 Å². The highest BCUT2D eigenvalue weighted by Crippen LogP contribution is 2.32. The number of pyridine rings is 2. The van der Waals surface area contributed by atoms with Crippen molar-refractivity contribution in [3.8, 4) is 17.3 Å². The molecular formula is C19H16ClN5O3. The zero-order valence-electron chi connectivity index (χ0n) is 14.7. The van der Waals surface area contributed by atoms with Gasteiger partial charge >= 0.3 is 0 Å². The Balaban J connectivity index is 1.34. The summed E-state index contributed by atoms with van der Waals surface area (Å²) >= 11 is 6.49. The van der Waals surface area contributed by atoms with Crippen LogP contribution in [-0.4, -0.2) is 56.4 Å². The number of imidazole rings is 1. The first-order valence-corrected chi connectivity index (χ1v) is 9.52. The van der Waals surface area contributed by atoms with Gasteiger partial charge in [-0.15, -0.1) is 0 Å². The molecule has 142 valence electrons. The van der Waals surface area contributed by atoms with Crippen molar-refractivity contribution in [2.24, 2.45) is 0 Å². The summed E-state index contributed by atoms with van der Waals surface area (Å²) in [6.07, 6.45) is 4.40. The van der Waals surface area contributed by atoms with Crippen molar-refractivity contribution in [3.05, 3.63) is 35.6 Å². The minimum Gasteiger partial charge on any atom is -0.456 e. The number of nitrogens with zero attached hydrogens (tertiary/aromatic N) is 3. The third-order valence-electron chi connectivity index (χ3n) is 5.26. The molecule has 0 spiro atoms. The molecule has 2 aliphatic rings. The smallest absolute Gasteiger partial charge is 0.296 e. The average molecular weight is 398 g/mol. The number of ether oxygens (including phenoxy) is 3. The molecule has 3 atom stereocenters. The molecule has 2 saturated heterocycles. The van der Waals surface area contributed by atoms with Crippen LogP contribution < -0.4 is 4.74 Å². The fraction of sp³-hybridized carbons (Fsp3) is 0.316. The summed E-state index contributed by atoms with van der Waals surface area (Å²) in [5, 5.41) is 1.51. The van der Waals surface area contributed by atoms with Gasteiger partial charge < -0.3 is 24.2 Å². The number of rotatable bonds is 3. The number of hydrogen-bond acceptors (Lipinski definition) is 6. The molecule has 3 unspecified atom stereocenters. The summed E-state index contributed by atoms with van der Waals surface area (Å²) in [7, 11) is 0. The zero-order valence-corrected chi connectivity index (χ0v) is 15.4. The van der Waals surface area contributed by atoms with Crippen molar-refractivity contribution < 1.29 is 14.2 Å². The van der Waals surface area contributed by atoms with Gasteiger partial charge in [-0.3, -0.25) is 0 Å². The molecule has 2 aliphatic heterocycles. The van der Waals surface area contributed by atoms with Gasteiger partial charge in [0.2, 0.25) is 0 Å². The topological polar surface area (TPSA) is 97.9 Å². The summed E-state index contributed by atoms with van der Waals surface area (Å²) in [5.41, 5.74) is 3.53. The van der Waals surface area contributed by atoms with Gasteiger partial charge in [0.1, 0.15) is 11.8 Å². The van der Waals surface area contributed by atoms with Gasteiger partial charge in [-0.2, -0.15) is 4.98 Å². The lowest BCUT2D eigenvalue weighted by Gasteiger charge is -2.15. The van der Waals surface area contributed by atoms with Gasteiger partial charge in [-0.1, -0.05) is 11.6 Å². The van der Waals surface area contributed by atoms with Gasteiger partial charge in [0.25, 0.3) is 6.01 Å². The maximum absolute atomic E-state index is 6.49. The summed E-state index contributed by atoms with van der Waals surface area (Å²) in [4.78, 5) is 19.7. The van der Waals surface area contributed by atoms with Crippen LogP contribution in [-0.2, 0) is 9.47 Å². The van der Waals surface area contributed by atoms with Crippen LogP contribution in [0.3, 0.4) is 0 Å². The molecule has 0 saturated carbocycles. The number of fused-ring (bicyclic) bond motifs is 3. The summed E-state index contributed by atoms with van der Waals surface area (Å²) in [6.45, 7) is 1.20. The molecule has 0 amide bonds. The van der Waals surface area contributed by atoms with E-state index in [-0.39, 0.29) is 18.3 Å². The Bertz CT molecular complexity index is 1190. The van der Waals surface area contributed by atoms with Gasteiger partial charge in [-0.25, -0.2) is 9.97 Å². The highest BCUT2D eigenvalue weighted by molar-refractivity contribution is 6.33. The quantitative estimate of drug-likeness (QED) is 0.551. The number of hydrogen-bond donors (Lipinski definition) is 2. The Morgan fingerprint density at radius 2 is 2.18 bits per heavy atom. The van der Waals surface area contributed by atoms with Crippen LogP contribution in [0.4, 0.5) is 0 Å². The molecule has 0 radical (unpaired) electrons. The van der Waals surface area contributed by atoms with E-state index in [0.29, 0.717) is 41.1 Å². The molecule has 28 heavy (non-hydrogen) atoms. The lowest BCUT2D eigenvalue weighted by atomic mass is 10.1. The standard InChI is InChI=1S/C19H16ClN5O3/c20-11-6-12-18(24-15(11)10-5-9-1-3-21-17(9)22-7-10)25-19(23-12)28-14-8-27-13-2-4-26-16(13)14/h1,3,5-7,13-14,16H,2,4,8H2,(H,21,22)(H,23,24,25). The maximum atomic E-state index is 6.49. The molecule has 2 fully saturated rings. The van der Waals surface area contributed by atoms with E-state index in [1.54, 1.807) is 12.3 Å². The van der Waals surface area contributed by atoms with Crippen LogP contribution >= 0.6 is 11.6 Å². The first-order valence-electron chi connectivity index (χ1n) is 9.14. The number of nitrogens with one attached hydrogen (secondary N) is 2. The molecule has 0 aromatic carbocycles. The minimum absolute atomic E-state index is 0.0422. The van der Waals surface area contributed by atoms with Crippen molar-refractivity contribution in [3.63, 3.8) is 0 Å². The Hall–Kier alpha value is -2.68. The highest BCUT2D eigenvalue weighted by Gasteiger charge is 2.43. The fourth-order valence-electron chi connectivity index (χ4n) is 3.90. The second-order valence-electron chi connectivity index (χ2n) is 7.02. The van der Waals surface area contributed by atoms with E-state index < -0.39 is 0 Å². The summed E-state index contributed by atoms with van der Waals surface area (Å²) in [5.74, 6) is 0. The SMILES string of the molecule is Clc1cc2[nH]c(OC3COC4CCOC43)nc2nc1-c1cnc2[nH]ccc2c1. The second-order valence-corrected chi connectivity index (χ2v) is 7.43. The molecule has 0 bridgehead atoms. The van der Waals surface area contributed by atoms with E-state index >= 15 is 0 Å². The third kappa shape index (κ3) is 2.56. The minimum atomic E-state index is -0.178. The van der Waals surface area contributed by atoms with E-state index in [1.165, 1.54) is 0 Å². The summed E-state index contributed by atoms with van der Waals surface area (Å²) < 4.78 is 17.4. The molecule has 6 rings (SSSR count). The van der Waals surface area contributed by atoms with E-state index in [2.05, 4.69) is 24.9 Å². The Morgan fingerprint density at radius 3 is 3.14 bits per heavy atom. The van der Waals surface area contributed by atoms with Crippen LogP contribution in [0.1, 0.15) is 6.42 Å². The van der Waals surface area contributed by atoms with Crippen LogP contribution in [0.25, 0.3) is 33.5 Å². The molecule has 0 aliphatic carbocycles. The number of H-pyrrole nitrogens is 2. The van der Waals surface area contributed by atoms with Crippen LogP contribution in [0.2, 0.25) is 5.02 Å². The Labute approximate surface area is 164 Å². The van der Waals surface area contributed by atoms with Crippen molar-refractivity contribution in [2.75, 3.05) is 13.2 Å². The second kappa shape index (κ2) is 6.16. The number of aromatic nitrogens is 5. The number of halogens is 1. The van der Waals surface area contributed by atoms with Gasteiger partial charge in [0, 0.05) is 30.0 Å². The normalized spacial score (nSPS) is 24.2. The van der Waals surface area contributed by atoms with E-state index in [4.69, 9.17) is 25.8 Å². The predicted octanol–water partition coefficient (Wildman–Crippen LogP) is 3.09. The first kappa shape index (κ1) is 16.3. The van der Waals surface area contributed by atoms with Gasteiger partial charge in [0.05, 0.1) is 28.9 Å². The summed E-state index contributed by atoms with van der Waals surface area (Å²) in [6, 6.07) is 6.15. The Morgan fingerprint density at radius 1 is 1.21 bits per heavy atom. The maximum Gasteiger partial charge on any atom is 0.296 e. The lowest BCUT2D eigenvalue weighted by Crippen LogP contribution is -2.32. The molecule has 8 nitrogen and oxygen atoms in total. The van der Waals surface area contributed by atoms with E-state index in [1.807, 2.05) is 18.3 Å². The number of aromatic amines is 2. The fourth-order valence-corrected chi connectivity index (χ4v) is 4.16.